The van der Waals surface area contributed by atoms with Crippen LogP contribution >= 0.6 is 7.82 Å². The fourth-order valence-electron chi connectivity index (χ4n) is 9.88. The highest BCUT2D eigenvalue weighted by Gasteiger charge is 2.23. The van der Waals surface area contributed by atoms with E-state index >= 15 is 0 Å². The van der Waals surface area contributed by atoms with Gasteiger partial charge in [-0.05, 0) is 32.1 Å². The molecule has 9 heteroatoms. The molecule has 73 heavy (non-hydrogen) atoms. The van der Waals surface area contributed by atoms with E-state index in [0.29, 0.717) is 17.4 Å². The second-order valence-corrected chi connectivity index (χ2v) is 24.9. The van der Waals surface area contributed by atoms with E-state index in [1.54, 1.807) is 6.08 Å². The van der Waals surface area contributed by atoms with Gasteiger partial charge in [-0.1, -0.05) is 314 Å². The third-order valence-electron chi connectivity index (χ3n) is 14.9. The molecule has 8 nitrogen and oxygen atoms in total. The summed E-state index contributed by atoms with van der Waals surface area (Å²) in [5, 5.41) is 13.9. The second-order valence-electron chi connectivity index (χ2n) is 23.5. The van der Waals surface area contributed by atoms with Crippen LogP contribution in [0, 0.1) is 0 Å². The Kier molecular flexibility index (Phi) is 54.9. The predicted octanol–water partition coefficient (Wildman–Crippen LogP) is 19.3. The van der Waals surface area contributed by atoms with Crippen LogP contribution in [-0.2, 0) is 18.4 Å². The van der Waals surface area contributed by atoms with E-state index in [0.717, 1.165) is 38.5 Å². The van der Waals surface area contributed by atoms with Crippen LogP contribution in [-0.4, -0.2) is 68.5 Å². The molecule has 434 valence electrons. The lowest BCUT2D eigenvalue weighted by Gasteiger charge is -2.29. The van der Waals surface area contributed by atoms with Gasteiger partial charge in [0.15, 0.2) is 0 Å². The molecule has 0 bridgehead atoms. The summed E-state index contributed by atoms with van der Waals surface area (Å²) in [5.74, 6) is -0.200. The molecule has 3 atom stereocenters. The highest BCUT2D eigenvalue weighted by atomic mass is 31.2. The van der Waals surface area contributed by atoms with Crippen LogP contribution in [0.2, 0.25) is 0 Å². The van der Waals surface area contributed by atoms with Crippen molar-refractivity contribution in [3.05, 3.63) is 24.3 Å². The van der Waals surface area contributed by atoms with E-state index in [-0.39, 0.29) is 19.1 Å². The van der Waals surface area contributed by atoms with E-state index < -0.39 is 20.0 Å². The van der Waals surface area contributed by atoms with Crippen LogP contribution in [0.4, 0.5) is 0 Å². The number of allylic oxidation sites excluding steroid dienone is 3. The second kappa shape index (κ2) is 55.7. The number of nitrogens with one attached hydrogen (secondary N) is 1. The van der Waals surface area contributed by atoms with Gasteiger partial charge in [-0.15, -0.1) is 0 Å². The van der Waals surface area contributed by atoms with Crippen molar-refractivity contribution in [3.63, 3.8) is 0 Å². The Labute approximate surface area is 455 Å². The molecule has 0 aromatic rings. The number of phosphoric ester groups is 1. The molecule has 0 radical (unpaired) electrons. The number of likely N-dealkylation sites (N-methyl/N-ethyl adjacent to an activating group) is 1. The Bertz CT molecular complexity index is 1240. The monoisotopic (exact) mass is 1050 g/mol. The normalized spacial score (nSPS) is 13.9. The summed E-state index contributed by atoms with van der Waals surface area (Å²) in [4.78, 5) is 25.5. The first-order valence-corrected chi connectivity index (χ1v) is 33.7. The molecule has 0 aliphatic carbocycles. The highest BCUT2D eigenvalue weighted by Crippen LogP contribution is 2.38. The van der Waals surface area contributed by atoms with Crippen molar-refractivity contribution >= 4 is 13.7 Å². The maximum Gasteiger partial charge on any atom is 0.268 e. The zero-order valence-corrected chi connectivity index (χ0v) is 50.5. The molecular formula is C64H127N2O6P. The lowest BCUT2D eigenvalue weighted by atomic mass is 10.0. The highest BCUT2D eigenvalue weighted by molar-refractivity contribution is 7.45. The predicted molar refractivity (Wildman–Crippen MR) is 316 cm³/mol. The molecule has 0 fully saturated rings. The minimum absolute atomic E-state index is 0.00370. The van der Waals surface area contributed by atoms with Crippen LogP contribution in [0.1, 0.15) is 328 Å². The Morgan fingerprint density at radius 1 is 0.466 bits per heavy atom. The fraction of sp³-hybridized carbons (Fsp3) is 0.922. The number of phosphoric acid groups is 1. The van der Waals surface area contributed by atoms with E-state index in [2.05, 4.69) is 31.3 Å². The molecule has 0 aromatic heterocycles. The van der Waals surface area contributed by atoms with Crippen molar-refractivity contribution in [3.8, 4) is 0 Å². The standard InChI is InChI=1S/C64H127N2O6P/c1-6-8-10-12-14-16-18-20-22-24-25-26-27-28-29-30-31-32-33-34-35-36-37-38-39-40-42-44-46-48-50-52-54-56-58-64(68)65-62(61-72-73(69,70)71-60-59-66(3,4)5)63(67)57-55-53-51-49-47-45-43-41-23-21-19-17-15-13-11-9-7-2/h47,49,55,57,62-63,67H,6-46,48,50-54,56,58-61H2,1-5H3,(H-,65,68,69,70)/b49-47+,57-55+. The molecule has 0 rings (SSSR count). The summed E-state index contributed by atoms with van der Waals surface area (Å²) in [6.07, 6.45) is 71.5. The summed E-state index contributed by atoms with van der Waals surface area (Å²) in [6, 6.07) is -0.900. The van der Waals surface area contributed by atoms with Crippen molar-refractivity contribution in [1.82, 2.24) is 5.32 Å². The van der Waals surface area contributed by atoms with Crippen LogP contribution < -0.4 is 10.2 Å². The molecule has 0 heterocycles. The van der Waals surface area contributed by atoms with Crippen molar-refractivity contribution in [2.75, 3.05) is 40.9 Å². The summed E-state index contributed by atoms with van der Waals surface area (Å²) >= 11 is 0. The van der Waals surface area contributed by atoms with Gasteiger partial charge in [0.05, 0.1) is 39.9 Å². The maximum atomic E-state index is 13.0. The molecule has 0 aliphatic heterocycles. The quantitative estimate of drug-likeness (QED) is 0.0272. The van der Waals surface area contributed by atoms with Gasteiger partial charge >= 0.3 is 0 Å². The first-order valence-electron chi connectivity index (χ1n) is 32.2. The average molecular weight is 1050 g/mol. The third kappa shape index (κ3) is 58.5. The van der Waals surface area contributed by atoms with E-state index in [4.69, 9.17) is 9.05 Å². The number of unbranched alkanes of at least 4 members (excludes halogenated alkanes) is 45. The van der Waals surface area contributed by atoms with Gasteiger partial charge in [0.1, 0.15) is 13.2 Å². The van der Waals surface area contributed by atoms with Crippen molar-refractivity contribution < 1.29 is 32.9 Å². The van der Waals surface area contributed by atoms with Crippen molar-refractivity contribution in [1.29, 1.82) is 0 Å². The Morgan fingerprint density at radius 2 is 0.767 bits per heavy atom. The number of rotatable bonds is 60. The number of carbonyl (C=O) groups excluding carboxylic acids is 1. The Morgan fingerprint density at radius 3 is 1.11 bits per heavy atom. The van der Waals surface area contributed by atoms with Gasteiger partial charge < -0.3 is 28.8 Å². The number of amides is 1. The minimum atomic E-state index is -4.60. The van der Waals surface area contributed by atoms with Crippen LogP contribution in [0.25, 0.3) is 0 Å². The molecule has 0 saturated heterocycles. The van der Waals surface area contributed by atoms with Crippen LogP contribution in [0.5, 0.6) is 0 Å². The van der Waals surface area contributed by atoms with E-state index in [9.17, 15) is 19.4 Å². The maximum absolute atomic E-state index is 13.0. The largest absolute Gasteiger partial charge is 0.756 e. The molecule has 0 spiro atoms. The van der Waals surface area contributed by atoms with Gasteiger partial charge in [-0.25, -0.2) is 0 Å². The third-order valence-corrected chi connectivity index (χ3v) is 15.9. The van der Waals surface area contributed by atoms with Gasteiger partial charge in [0.25, 0.3) is 7.82 Å². The first-order chi connectivity index (χ1) is 35.5. The number of aliphatic hydroxyl groups excluding tert-OH is 1. The van der Waals surface area contributed by atoms with Crippen LogP contribution in [0.15, 0.2) is 24.3 Å². The lowest BCUT2D eigenvalue weighted by molar-refractivity contribution is -0.870. The first kappa shape index (κ1) is 72.0. The fourth-order valence-corrected chi connectivity index (χ4v) is 10.6. The van der Waals surface area contributed by atoms with Crippen LogP contribution in [0.3, 0.4) is 0 Å². The van der Waals surface area contributed by atoms with Crippen molar-refractivity contribution in [2.24, 2.45) is 0 Å². The smallest absolute Gasteiger partial charge is 0.268 e. The lowest BCUT2D eigenvalue weighted by Crippen LogP contribution is -2.45. The number of hydrogen-bond acceptors (Lipinski definition) is 6. The molecule has 0 aliphatic rings. The summed E-state index contributed by atoms with van der Waals surface area (Å²) in [7, 11) is 1.26. The van der Waals surface area contributed by atoms with E-state index in [1.165, 1.54) is 270 Å². The van der Waals surface area contributed by atoms with Crippen molar-refractivity contribution in [2.45, 2.75) is 341 Å². The Balaban J connectivity index is 3.99. The zero-order chi connectivity index (χ0) is 53.5. The average Bonchev–Trinajstić information content (AvgIpc) is 3.35. The molecular weight excluding hydrogens is 924 g/mol. The summed E-state index contributed by atoms with van der Waals surface area (Å²) < 4.78 is 23.4. The minimum Gasteiger partial charge on any atom is -0.756 e. The van der Waals surface area contributed by atoms with Gasteiger partial charge in [0, 0.05) is 6.42 Å². The summed E-state index contributed by atoms with van der Waals surface area (Å²) in [5.41, 5.74) is 0. The molecule has 0 aromatic carbocycles. The topological polar surface area (TPSA) is 108 Å². The zero-order valence-electron chi connectivity index (χ0n) is 49.6. The number of nitrogens with zero attached hydrogens (tertiary/aromatic N) is 1. The van der Waals surface area contributed by atoms with Gasteiger partial charge in [0.2, 0.25) is 5.91 Å². The number of aliphatic hydroxyl groups is 1. The Hall–Kier alpha value is -1.02. The number of hydrogen-bond donors (Lipinski definition) is 2. The molecule has 2 N–H and O–H groups in total. The van der Waals surface area contributed by atoms with Gasteiger partial charge in [-0.2, -0.15) is 0 Å². The molecule has 1 amide bonds. The molecule has 0 saturated carbocycles. The SMILES string of the molecule is CCCCCCCCCCCCC/C=C/CC/C=C/C(O)C(COP(=O)([O-])OCC[N+](C)(C)C)NC(=O)CCCCCCCCCCCCCCCCCCCCCCCCCCCCCCCCCCCC. The number of carbonyl (C=O) groups is 1. The van der Waals surface area contributed by atoms with E-state index in [1.807, 2.05) is 27.2 Å². The molecule has 3 unspecified atom stereocenters. The van der Waals surface area contributed by atoms with Gasteiger partial charge in [-0.3, -0.25) is 9.36 Å². The number of quaternary nitrogens is 1. The summed E-state index contributed by atoms with van der Waals surface area (Å²) in [6.45, 7) is 4.67.